The van der Waals surface area contributed by atoms with Gasteiger partial charge in [0.2, 0.25) is 5.75 Å². The van der Waals surface area contributed by atoms with Gasteiger partial charge in [0, 0.05) is 0 Å². The van der Waals surface area contributed by atoms with Crippen LogP contribution in [0.1, 0.15) is 0 Å². The van der Waals surface area contributed by atoms with E-state index in [4.69, 9.17) is 9.47 Å². The summed E-state index contributed by atoms with van der Waals surface area (Å²) in [6, 6.07) is 0. The first-order valence-corrected chi connectivity index (χ1v) is 4.89. The van der Waals surface area contributed by atoms with Gasteiger partial charge in [-0.05, 0) is 31.9 Å². The summed E-state index contributed by atoms with van der Waals surface area (Å²) in [5, 5.41) is 11.3. The molecule has 1 aromatic rings. The Hall–Kier alpha value is -0.490. The average molecular weight is 313 g/mol. The molecule has 0 amide bonds. The summed E-state index contributed by atoms with van der Waals surface area (Å²) in [4.78, 5) is 0. The van der Waals surface area contributed by atoms with E-state index in [1.165, 1.54) is 20.4 Å². The highest BCUT2D eigenvalue weighted by Crippen LogP contribution is 2.36. The van der Waals surface area contributed by atoms with Crippen molar-refractivity contribution in [2.45, 2.75) is 0 Å². The van der Waals surface area contributed by atoms with Gasteiger partial charge in [-0.25, -0.2) is 0 Å². The fraction of sp³-hybridized carbons (Fsp3) is 0.286. The standard InChI is InChI=1S/C7H7Br2NO3/c1-12-6-5(9)4(8)3-10(11)7(6)13-2/h3H,1-2H3. The van der Waals surface area contributed by atoms with Crippen LogP contribution in [0.4, 0.5) is 0 Å². The lowest BCUT2D eigenvalue weighted by molar-refractivity contribution is -0.613. The minimum Gasteiger partial charge on any atom is -0.616 e. The third-order valence-corrected chi connectivity index (χ3v) is 3.35. The van der Waals surface area contributed by atoms with Gasteiger partial charge in [0.25, 0.3) is 0 Å². The van der Waals surface area contributed by atoms with E-state index < -0.39 is 0 Å². The lowest BCUT2D eigenvalue weighted by Crippen LogP contribution is -2.28. The smallest absolute Gasteiger partial charge is 0.424 e. The third-order valence-electron chi connectivity index (χ3n) is 1.43. The SMILES string of the molecule is COc1c(Br)c(Br)c[n+]([O-])c1OC. The van der Waals surface area contributed by atoms with E-state index in [1.54, 1.807) is 0 Å². The highest BCUT2D eigenvalue weighted by atomic mass is 79.9. The van der Waals surface area contributed by atoms with Gasteiger partial charge in [0.15, 0.2) is 6.20 Å². The van der Waals surface area contributed by atoms with Crippen molar-refractivity contribution in [3.8, 4) is 11.6 Å². The molecule has 0 aliphatic heterocycles. The number of ether oxygens (including phenoxy) is 2. The molecule has 0 radical (unpaired) electrons. The fourth-order valence-corrected chi connectivity index (χ4v) is 1.68. The van der Waals surface area contributed by atoms with Gasteiger partial charge in [-0.15, -0.1) is 4.73 Å². The van der Waals surface area contributed by atoms with Crippen LogP contribution >= 0.6 is 31.9 Å². The summed E-state index contributed by atoms with van der Waals surface area (Å²) in [6.45, 7) is 0. The minimum absolute atomic E-state index is 0.123. The second-order valence-corrected chi connectivity index (χ2v) is 3.81. The molecule has 0 spiro atoms. The summed E-state index contributed by atoms with van der Waals surface area (Å²) in [5.74, 6) is 0.490. The van der Waals surface area contributed by atoms with Crippen LogP contribution in [0.15, 0.2) is 15.1 Å². The molecule has 72 valence electrons. The van der Waals surface area contributed by atoms with Gasteiger partial charge < -0.3 is 14.7 Å². The normalized spacial score (nSPS) is 9.85. The maximum atomic E-state index is 11.3. The zero-order valence-corrected chi connectivity index (χ0v) is 10.2. The molecule has 0 aromatic carbocycles. The van der Waals surface area contributed by atoms with E-state index in [2.05, 4.69) is 31.9 Å². The monoisotopic (exact) mass is 311 g/mol. The van der Waals surface area contributed by atoms with Crippen molar-refractivity contribution in [1.82, 2.24) is 0 Å². The Morgan fingerprint density at radius 3 is 2.38 bits per heavy atom. The summed E-state index contributed by atoms with van der Waals surface area (Å²) in [5.41, 5.74) is 0. The van der Waals surface area contributed by atoms with Crippen LogP contribution < -0.4 is 14.2 Å². The van der Waals surface area contributed by atoms with Gasteiger partial charge in [0.05, 0.1) is 18.7 Å². The van der Waals surface area contributed by atoms with E-state index in [0.29, 0.717) is 19.4 Å². The second kappa shape index (κ2) is 4.15. The van der Waals surface area contributed by atoms with Crippen LogP contribution in [-0.2, 0) is 0 Å². The van der Waals surface area contributed by atoms with Crippen molar-refractivity contribution in [3.63, 3.8) is 0 Å². The molecule has 0 saturated heterocycles. The average Bonchev–Trinajstić information content (AvgIpc) is 2.10. The van der Waals surface area contributed by atoms with Crippen LogP contribution in [0, 0.1) is 5.21 Å². The molecule has 0 unspecified atom stereocenters. The number of pyridine rings is 1. The van der Waals surface area contributed by atoms with Crippen molar-refractivity contribution < 1.29 is 14.2 Å². The van der Waals surface area contributed by atoms with Gasteiger partial charge in [-0.1, -0.05) is 0 Å². The van der Waals surface area contributed by atoms with E-state index in [9.17, 15) is 5.21 Å². The lowest BCUT2D eigenvalue weighted by Gasteiger charge is -2.09. The summed E-state index contributed by atoms with van der Waals surface area (Å²) in [7, 11) is 2.88. The van der Waals surface area contributed by atoms with Gasteiger partial charge >= 0.3 is 5.88 Å². The first kappa shape index (κ1) is 10.6. The van der Waals surface area contributed by atoms with Crippen LogP contribution in [-0.4, -0.2) is 14.2 Å². The Labute approximate surface area is 92.3 Å². The van der Waals surface area contributed by atoms with E-state index in [-0.39, 0.29) is 5.88 Å². The molecule has 0 bridgehead atoms. The highest BCUT2D eigenvalue weighted by molar-refractivity contribution is 9.13. The lowest BCUT2D eigenvalue weighted by atomic mass is 10.4. The predicted molar refractivity (Wildman–Crippen MR) is 53.9 cm³/mol. The largest absolute Gasteiger partial charge is 0.616 e. The van der Waals surface area contributed by atoms with Gasteiger partial charge in [0.1, 0.15) is 4.47 Å². The van der Waals surface area contributed by atoms with Crippen LogP contribution in [0.25, 0.3) is 0 Å². The van der Waals surface area contributed by atoms with Crippen molar-refractivity contribution in [2.75, 3.05) is 14.2 Å². The molecule has 1 aromatic heterocycles. The number of aromatic nitrogens is 1. The fourth-order valence-electron chi connectivity index (χ4n) is 0.880. The first-order chi connectivity index (χ1) is 6.11. The van der Waals surface area contributed by atoms with E-state index in [0.717, 1.165) is 0 Å². The molecule has 0 atom stereocenters. The summed E-state index contributed by atoms with van der Waals surface area (Å²) in [6.07, 6.45) is 1.34. The zero-order chi connectivity index (χ0) is 10.0. The van der Waals surface area contributed by atoms with Crippen LogP contribution in [0.2, 0.25) is 0 Å². The Morgan fingerprint density at radius 1 is 1.31 bits per heavy atom. The predicted octanol–water partition coefficient (Wildman–Crippen LogP) is 1.86. The van der Waals surface area contributed by atoms with Crippen molar-refractivity contribution >= 4 is 31.9 Å². The molecular weight excluding hydrogens is 306 g/mol. The number of halogens is 2. The van der Waals surface area contributed by atoms with E-state index in [1.807, 2.05) is 0 Å². The molecule has 0 N–H and O–H groups in total. The molecule has 1 rings (SSSR count). The van der Waals surface area contributed by atoms with Crippen LogP contribution in [0.5, 0.6) is 11.6 Å². The molecule has 0 aliphatic carbocycles. The maximum Gasteiger partial charge on any atom is 0.424 e. The molecule has 1 heterocycles. The van der Waals surface area contributed by atoms with Gasteiger partial charge in [-0.3, -0.25) is 0 Å². The Balaban J connectivity index is 3.41. The highest BCUT2D eigenvalue weighted by Gasteiger charge is 2.21. The topological polar surface area (TPSA) is 45.4 Å². The Morgan fingerprint density at radius 2 is 1.92 bits per heavy atom. The van der Waals surface area contributed by atoms with Crippen LogP contribution in [0.3, 0.4) is 0 Å². The molecular formula is C7H7Br2NO3. The molecule has 6 heteroatoms. The third kappa shape index (κ3) is 1.88. The molecule has 4 nitrogen and oxygen atoms in total. The second-order valence-electron chi connectivity index (χ2n) is 2.16. The van der Waals surface area contributed by atoms with E-state index >= 15 is 0 Å². The van der Waals surface area contributed by atoms with Gasteiger partial charge in [-0.2, -0.15) is 0 Å². The first-order valence-electron chi connectivity index (χ1n) is 3.31. The van der Waals surface area contributed by atoms with Crippen molar-refractivity contribution in [1.29, 1.82) is 0 Å². The molecule has 0 saturated carbocycles. The summed E-state index contributed by atoms with van der Waals surface area (Å²) >= 11 is 6.46. The van der Waals surface area contributed by atoms with Crippen molar-refractivity contribution in [3.05, 3.63) is 20.3 Å². The quantitative estimate of drug-likeness (QED) is 0.618. The number of hydrogen-bond donors (Lipinski definition) is 0. The number of rotatable bonds is 2. The van der Waals surface area contributed by atoms with Crippen molar-refractivity contribution in [2.24, 2.45) is 0 Å². The Kier molecular flexibility index (Phi) is 3.38. The zero-order valence-electron chi connectivity index (χ0n) is 7.01. The molecule has 13 heavy (non-hydrogen) atoms. The molecule has 0 aliphatic rings. The Bertz CT molecular complexity index is 330. The minimum atomic E-state index is 0.123. The number of methoxy groups -OCH3 is 2. The number of nitrogens with zero attached hydrogens (tertiary/aromatic N) is 1. The molecule has 0 fully saturated rings. The number of hydrogen-bond acceptors (Lipinski definition) is 3. The maximum absolute atomic E-state index is 11.3. The summed E-state index contributed by atoms with van der Waals surface area (Å²) < 4.78 is 11.7.